The molecule has 2 radical (unpaired) electrons. The standard InChI is InChI=1S/C18H13.2C2H5.2ClH.Si.Zr/c1-2-7-13(6-1)15-10-5-11-17-16-9-4-3-8-14(16)12-18(15)17;2*1-2;;;;/h1-6,8-12H,7H2;2*1H2,2H3;2*1H;;/q3*-1;;;;. The number of halogens is 2. The van der Waals surface area contributed by atoms with Crippen molar-refractivity contribution in [3.63, 3.8) is 0 Å². The Bertz CT molecular complexity index is 834. The van der Waals surface area contributed by atoms with Gasteiger partial charge in [-0.15, -0.1) is 58.5 Å². The molecule has 3 aromatic carbocycles. The third-order valence-corrected chi connectivity index (χ3v) is 3.77. The average molecular weight is 480 g/mol. The van der Waals surface area contributed by atoms with Gasteiger partial charge in [0.15, 0.2) is 0 Å². The van der Waals surface area contributed by atoms with Crippen molar-refractivity contribution in [1.82, 2.24) is 0 Å². The Morgan fingerprint density at radius 3 is 2.12 bits per heavy atom. The van der Waals surface area contributed by atoms with E-state index in [1.54, 1.807) is 13.8 Å². The van der Waals surface area contributed by atoms with Gasteiger partial charge in [0.25, 0.3) is 0 Å². The molecule has 1 aliphatic carbocycles. The van der Waals surface area contributed by atoms with Crippen LogP contribution in [0.3, 0.4) is 0 Å². The Kier molecular flexibility index (Phi) is 16.5. The molecule has 0 unspecified atom stereocenters. The molecule has 0 fully saturated rings. The van der Waals surface area contributed by atoms with E-state index >= 15 is 0 Å². The van der Waals surface area contributed by atoms with E-state index in [1.807, 2.05) is 0 Å². The zero-order chi connectivity index (χ0) is 17.9. The van der Waals surface area contributed by atoms with E-state index in [9.17, 15) is 0 Å². The zero-order valence-electron chi connectivity index (χ0n) is 15.3. The summed E-state index contributed by atoms with van der Waals surface area (Å²) >= 11 is 1.36. The Morgan fingerprint density at radius 1 is 0.885 bits per heavy atom. The van der Waals surface area contributed by atoms with Gasteiger partial charge in [0.05, 0.1) is 0 Å². The molecule has 0 atom stereocenters. The molecular weight excluding hydrogens is 454 g/mol. The van der Waals surface area contributed by atoms with Gasteiger partial charge < -0.3 is 13.8 Å². The molecule has 0 saturated heterocycles. The van der Waals surface area contributed by atoms with Gasteiger partial charge in [-0.3, -0.25) is 0 Å². The van der Waals surface area contributed by atoms with Crippen molar-refractivity contribution in [2.45, 2.75) is 20.3 Å². The zero-order valence-corrected chi connectivity index (χ0v) is 20.4. The summed E-state index contributed by atoms with van der Waals surface area (Å²) in [5, 5.41) is 5.46. The van der Waals surface area contributed by atoms with Crippen molar-refractivity contribution in [3.05, 3.63) is 86.2 Å². The molecule has 1 aliphatic rings. The topological polar surface area (TPSA) is 0 Å². The number of hydrogen-bond acceptors (Lipinski definition) is 0. The van der Waals surface area contributed by atoms with Crippen LogP contribution in [0.15, 0.2) is 66.8 Å². The van der Waals surface area contributed by atoms with E-state index in [1.165, 1.54) is 56.0 Å². The van der Waals surface area contributed by atoms with E-state index in [0.29, 0.717) is 0 Å². The number of hydrogen-bond donors (Lipinski definition) is 0. The van der Waals surface area contributed by atoms with Crippen molar-refractivity contribution in [2.75, 3.05) is 0 Å². The molecular formula is C22H25Cl2SiZr-3. The van der Waals surface area contributed by atoms with E-state index in [-0.39, 0.29) is 24.8 Å². The molecule has 0 bridgehead atoms. The molecule has 0 nitrogen and oxygen atoms in total. The van der Waals surface area contributed by atoms with Crippen LogP contribution in [-0.4, -0.2) is 6.88 Å². The van der Waals surface area contributed by atoms with Crippen molar-refractivity contribution in [2.24, 2.45) is 0 Å². The second kappa shape index (κ2) is 15.5. The molecule has 0 aromatic heterocycles. The molecule has 0 N–H and O–H groups in total. The summed E-state index contributed by atoms with van der Waals surface area (Å²) in [5.41, 5.74) is 2.81. The Hall–Kier alpha value is -0.530. The van der Waals surface area contributed by atoms with Crippen molar-refractivity contribution in [3.8, 4) is 0 Å². The van der Waals surface area contributed by atoms with Crippen LogP contribution in [0.4, 0.5) is 0 Å². The first-order valence-corrected chi connectivity index (χ1v) is 12.2. The Balaban J connectivity index is 0. The van der Waals surface area contributed by atoms with Gasteiger partial charge in [0.2, 0.25) is 0 Å². The third-order valence-electron chi connectivity index (χ3n) is 3.77. The summed E-state index contributed by atoms with van der Waals surface area (Å²) in [5.74, 6) is 0. The molecule has 0 saturated carbocycles. The minimum absolute atomic E-state index is 0. The molecule has 0 spiro atoms. The van der Waals surface area contributed by atoms with Crippen molar-refractivity contribution >= 4 is 58.8 Å². The third kappa shape index (κ3) is 6.27. The van der Waals surface area contributed by atoms with Gasteiger partial charge in [-0.25, -0.2) is 0 Å². The number of benzene rings is 2. The molecule has 0 aliphatic heterocycles. The number of rotatable bonds is 1. The fourth-order valence-electron chi connectivity index (χ4n) is 2.91. The van der Waals surface area contributed by atoms with Crippen LogP contribution in [-0.2, 0) is 23.3 Å². The molecule has 3 aromatic rings. The summed E-state index contributed by atoms with van der Waals surface area (Å²) in [4.78, 5) is 0. The van der Waals surface area contributed by atoms with Gasteiger partial charge >= 0.3 is 30.2 Å². The van der Waals surface area contributed by atoms with Crippen molar-refractivity contribution < 1.29 is 23.3 Å². The SMILES string of the molecule is C1=CCC(c2cccc3c2[cH-]c2ccccc23)=C1.Cl.Cl.[CH2-]C.[CH2-]C.[Si]=[Zr]. The molecule has 0 heterocycles. The predicted molar refractivity (Wildman–Crippen MR) is 121 cm³/mol. The van der Waals surface area contributed by atoms with Crippen LogP contribution in [0.25, 0.3) is 27.1 Å². The van der Waals surface area contributed by atoms with Crippen LogP contribution in [0, 0.1) is 13.8 Å². The fraction of sp³-hybridized carbons (Fsp3) is 0.136. The first kappa shape index (κ1) is 27.7. The second-order valence-corrected chi connectivity index (χ2v) is 4.82. The van der Waals surface area contributed by atoms with Gasteiger partial charge in [0.1, 0.15) is 0 Å². The normalized spacial score (nSPS) is 10.7. The summed E-state index contributed by atoms with van der Waals surface area (Å²) in [7, 11) is 0. The Labute approximate surface area is 187 Å². The van der Waals surface area contributed by atoms with Crippen LogP contribution in [0.1, 0.15) is 25.8 Å². The fourth-order valence-corrected chi connectivity index (χ4v) is 2.91. The van der Waals surface area contributed by atoms with E-state index < -0.39 is 0 Å². The quantitative estimate of drug-likeness (QED) is 0.256. The number of fused-ring (bicyclic) bond motifs is 3. The maximum absolute atomic E-state index is 3.25. The summed E-state index contributed by atoms with van der Waals surface area (Å²) < 4.78 is 0. The monoisotopic (exact) mass is 477 g/mol. The first-order valence-electron chi connectivity index (χ1n) is 8.03. The second-order valence-electron chi connectivity index (χ2n) is 4.82. The maximum atomic E-state index is 3.25. The Morgan fingerprint density at radius 2 is 1.50 bits per heavy atom. The summed E-state index contributed by atoms with van der Waals surface area (Å²) in [6.07, 6.45) is 7.65. The van der Waals surface area contributed by atoms with Crippen LogP contribution in [0.5, 0.6) is 0 Å². The van der Waals surface area contributed by atoms with E-state index in [2.05, 4.69) is 87.5 Å². The molecule has 26 heavy (non-hydrogen) atoms. The molecule has 0 amide bonds. The first-order chi connectivity index (χ1) is 11.9. The molecule has 4 rings (SSSR count). The molecule has 138 valence electrons. The average Bonchev–Trinajstić information content (AvgIpc) is 3.34. The van der Waals surface area contributed by atoms with Gasteiger partial charge in [-0.1, -0.05) is 65.8 Å². The summed E-state index contributed by atoms with van der Waals surface area (Å²) in [6.45, 7) is 13.1. The minimum atomic E-state index is 0. The van der Waals surface area contributed by atoms with Gasteiger partial charge in [-0.2, -0.15) is 13.8 Å². The van der Waals surface area contributed by atoms with E-state index in [0.717, 1.165) is 6.42 Å². The van der Waals surface area contributed by atoms with Gasteiger partial charge in [-0.05, 0) is 6.42 Å². The van der Waals surface area contributed by atoms with Crippen LogP contribution >= 0.6 is 24.8 Å². The van der Waals surface area contributed by atoms with Crippen LogP contribution in [0.2, 0.25) is 0 Å². The van der Waals surface area contributed by atoms with Crippen LogP contribution < -0.4 is 0 Å². The van der Waals surface area contributed by atoms with Gasteiger partial charge in [0, 0.05) is 0 Å². The molecule has 4 heteroatoms. The summed E-state index contributed by atoms with van der Waals surface area (Å²) in [6, 6.07) is 17.6. The van der Waals surface area contributed by atoms with Crippen molar-refractivity contribution in [1.29, 1.82) is 0 Å². The number of allylic oxidation sites excluding steroid dienone is 4. The predicted octanol–water partition coefficient (Wildman–Crippen LogP) is 7.20. The van der Waals surface area contributed by atoms with E-state index in [4.69, 9.17) is 0 Å².